The number of nitriles is 1. The van der Waals surface area contributed by atoms with Crippen molar-refractivity contribution in [2.45, 2.75) is 33.1 Å². The van der Waals surface area contributed by atoms with E-state index in [0.717, 1.165) is 25.9 Å². The lowest BCUT2D eigenvalue weighted by Gasteiger charge is -2.23. The molecule has 1 fully saturated rings. The van der Waals surface area contributed by atoms with E-state index >= 15 is 0 Å². The van der Waals surface area contributed by atoms with Crippen LogP contribution in [0.25, 0.3) is 0 Å². The van der Waals surface area contributed by atoms with E-state index in [0.29, 0.717) is 17.1 Å². The fraction of sp³-hybridized carbons (Fsp3) is 0.615. The van der Waals surface area contributed by atoms with E-state index in [4.69, 9.17) is 5.26 Å². The van der Waals surface area contributed by atoms with Crippen molar-refractivity contribution in [1.29, 1.82) is 5.26 Å². The van der Waals surface area contributed by atoms with Gasteiger partial charge >= 0.3 is 0 Å². The summed E-state index contributed by atoms with van der Waals surface area (Å²) in [6.07, 6.45) is 5.21. The summed E-state index contributed by atoms with van der Waals surface area (Å²) in [6, 6.07) is 3.70. The fourth-order valence-corrected chi connectivity index (χ4v) is 2.19. The van der Waals surface area contributed by atoms with Crippen LogP contribution in [0.4, 0.5) is 5.95 Å². The van der Waals surface area contributed by atoms with Crippen molar-refractivity contribution in [2.75, 3.05) is 18.0 Å². The van der Waals surface area contributed by atoms with Gasteiger partial charge in [0.15, 0.2) is 0 Å². The summed E-state index contributed by atoms with van der Waals surface area (Å²) >= 11 is 0. The first kappa shape index (κ1) is 11.8. The quantitative estimate of drug-likeness (QED) is 0.743. The zero-order valence-corrected chi connectivity index (χ0v) is 10.5. The first-order chi connectivity index (χ1) is 8.11. The Morgan fingerprint density at radius 3 is 2.94 bits per heavy atom. The zero-order chi connectivity index (χ0) is 12.3. The van der Waals surface area contributed by atoms with Crippen LogP contribution in [0.2, 0.25) is 0 Å². The van der Waals surface area contributed by atoms with Gasteiger partial charge in [0, 0.05) is 19.3 Å². The minimum absolute atomic E-state index is 0.404. The molecule has 0 atom stereocenters. The van der Waals surface area contributed by atoms with Gasteiger partial charge in [-0.2, -0.15) is 5.26 Å². The van der Waals surface area contributed by atoms with E-state index in [2.05, 4.69) is 34.8 Å². The van der Waals surface area contributed by atoms with Gasteiger partial charge in [-0.1, -0.05) is 13.8 Å². The predicted octanol–water partition coefficient (Wildman–Crippen LogP) is 2.36. The summed E-state index contributed by atoms with van der Waals surface area (Å²) in [5.41, 5.74) is 0.847. The molecule has 1 aromatic heterocycles. The van der Waals surface area contributed by atoms with E-state index in [1.54, 1.807) is 12.3 Å². The third-order valence-corrected chi connectivity index (χ3v) is 3.38. The van der Waals surface area contributed by atoms with Gasteiger partial charge in [0.2, 0.25) is 5.95 Å². The standard InChI is InChI=1S/C13H18N4/c1-13(2)5-3-8-17(9-6-13)12-15-7-4-11(10-14)16-12/h4,7H,3,5-6,8-9H2,1-2H3. The van der Waals surface area contributed by atoms with E-state index < -0.39 is 0 Å². The molecule has 0 unspecified atom stereocenters. The molecule has 0 saturated carbocycles. The Balaban J connectivity index is 2.14. The van der Waals surface area contributed by atoms with Gasteiger partial charge < -0.3 is 4.90 Å². The summed E-state index contributed by atoms with van der Waals surface area (Å²) in [6.45, 7) is 6.58. The summed E-state index contributed by atoms with van der Waals surface area (Å²) in [5, 5.41) is 8.84. The summed E-state index contributed by atoms with van der Waals surface area (Å²) < 4.78 is 0. The van der Waals surface area contributed by atoms with Gasteiger partial charge in [0.05, 0.1) is 0 Å². The zero-order valence-electron chi connectivity index (χ0n) is 10.5. The van der Waals surface area contributed by atoms with E-state index in [9.17, 15) is 0 Å². The molecule has 4 nitrogen and oxygen atoms in total. The average molecular weight is 230 g/mol. The third kappa shape index (κ3) is 2.94. The summed E-state index contributed by atoms with van der Waals surface area (Å²) in [4.78, 5) is 10.7. The smallest absolute Gasteiger partial charge is 0.226 e. The van der Waals surface area contributed by atoms with Gasteiger partial charge in [0.25, 0.3) is 0 Å². The summed E-state index contributed by atoms with van der Waals surface area (Å²) in [5.74, 6) is 0.696. The topological polar surface area (TPSA) is 52.8 Å². The van der Waals surface area contributed by atoms with E-state index in [1.807, 2.05) is 0 Å². The van der Waals surface area contributed by atoms with Crippen LogP contribution in [0, 0.1) is 16.7 Å². The largest absolute Gasteiger partial charge is 0.341 e. The maximum atomic E-state index is 8.84. The lowest BCUT2D eigenvalue weighted by Crippen LogP contribution is -2.27. The van der Waals surface area contributed by atoms with Crippen LogP contribution in [0.3, 0.4) is 0 Å². The predicted molar refractivity (Wildman–Crippen MR) is 66.6 cm³/mol. The highest BCUT2D eigenvalue weighted by Crippen LogP contribution is 2.30. The Morgan fingerprint density at radius 1 is 1.35 bits per heavy atom. The number of aromatic nitrogens is 2. The number of hydrogen-bond donors (Lipinski definition) is 0. The molecular weight excluding hydrogens is 212 g/mol. The van der Waals surface area contributed by atoms with Crippen molar-refractivity contribution in [3.05, 3.63) is 18.0 Å². The fourth-order valence-electron chi connectivity index (χ4n) is 2.19. The highest BCUT2D eigenvalue weighted by Gasteiger charge is 2.24. The molecular formula is C13H18N4. The first-order valence-corrected chi connectivity index (χ1v) is 6.09. The molecule has 2 heterocycles. The number of anilines is 1. The SMILES string of the molecule is CC1(C)CCCN(c2nccc(C#N)n2)CC1. The molecule has 1 saturated heterocycles. The Kier molecular flexibility index (Phi) is 3.28. The maximum absolute atomic E-state index is 8.84. The molecule has 1 aliphatic rings. The monoisotopic (exact) mass is 230 g/mol. The van der Waals surface area contributed by atoms with E-state index in [-0.39, 0.29) is 0 Å². The van der Waals surface area contributed by atoms with Crippen LogP contribution in [-0.2, 0) is 0 Å². The van der Waals surface area contributed by atoms with Gasteiger partial charge in [-0.15, -0.1) is 0 Å². The first-order valence-electron chi connectivity index (χ1n) is 6.09. The van der Waals surface area contributed by atoms with Crippen LogP contribution in [0.15, 0.2) is 12.3 Å². The van der Waals surface area contributed by atoms with Crippen molar-refractivity contribution >= 4 is 5.95 Å². The highest BCUT2D eigenvalue weighted by molar-refractivity contribution is 5.33. The molecule has 0 N–H and O–H groups in total. The van der Waals surface area contributed by atoms with Crippen LogP contribution < -0.4 is 4.90 Å². The highest BCUT2D eigenvalue weighted by atomic mass is 15.2. The molecule has 0 amide bonds. The van der Waals surface area contributed by atoms with E-state index in [1.165, 1.54) is 6.42 Å². The second-order valence-electron chi connectivity index (χ2n) is 5.36. The lowest BCUT2D eigenvalue weighted by atomic mass is 9.85. The Morgan fingerprint density at radius 2 is 2.18 bits per heavy atom. The van der Waals surface area contributed by atoms with Gasteiger partial charge in [0.1, 0.15) is 11.8 Å². The number of hydrogen-bond acceptors (Lipinski definition) is 4. The molecule has 0 bridgehead atoms. The Bertz CT molecular complexity index is 433. The molecule has 0 radical (unpaired) electrons. The molecule has 1 aromatic rings. The van der Waals surface area contributed by atoms with Crippen LogP contribution >= 0.6 is 0 Å². The van der Waals surface area contributed by atoms with Crippen molar-refractivity contribution in [1.82, 2.24) is 9.97 Å². The minimum atomic E-state index is 0.404. The molecule has 4 heteroatoms. The Labute approximate surface area is 102 Å². The van der Waals surface area contributed by atoms with Crippen molar-refractivity contribution in [2.24, 2.45) is 5.41 Å². The Hall–Kier alpha value is -1.63. The molecule has 90 valence electrons. The molecule has 17 heavy (non-hydrogen) atoms. The molecule has 2 rings (SSSR count). The molecule has 0 spiro atoms. The van der Waals surface area contributed by atoms with Gasteiger partial charge in [-0.3, -0.25) is 0 Å². The number of nitrogens with zero attached hydrogens (tertiary/aromatic N) is 4. The van der Waals surface area contributed by atoms with Crippen LogP contribution in [0.5, 0.6) is 0 Å². The normalized spacial score (nSPS) is 19.5. The molecule has 0 aromatic carbocycles. The van der Waals surface area contributed by atoms with Gasteiger partial charge in [-0.25, -0.2) is 9.97 Å². The number of rotatable bonds is 1. The van der Waals surface area contributed by atoms with Gasteiger partial charge in [-0.05, 0) is 30.7 Å². The lowest BCUT2D eigenvalue weighted by molar-refractivity contribution is 0.325. The third-order valence-electron chi connectivity index (χ3n) is 3.38. The van der Waals surface area contributed by atoms with Crippen molar-refractivity contribution < 1.29 is 0 Å². The average Bonchev–Trinajstić information content (AvgIpc) is 2.50. The summed E-state index contributed by atoms with van der Waals surface area (Å²) in [7, 11) is 0. The second-order valence-corrected chi connectivity index (χ2v) is 5.36. The molecule has 1 aliphatic heterocycles. The van der Waals surface area contributed by atoms with Crippen molar-refractivity contribution in [3.8, 4) is 6.07 Å². The van der Waals surface area contributed by atoms with Crippen molar-refractivity contribution in [3.63, 3.8) is 0 Å². The molecule has 0 aliphatic carbocycles. The van der Waals surface area contributed by atoms with Crippen LogP contribution in [0.1, 0.15) is 38.8 Å². The minimum Gasteiger partial charge on any atom is -0.341 e. The maximum Gasteiger partial charge on any atom is 0.226 e. The van der Waals surface area contributed by atoms with Crippen LogP contribution in [-0.4, -0.2) is 23.1 Å². The second kappa shape index (κ2) is 4.70.